The number of halogens is 1. The number of ether oxygens (including phenoxy) is 2. The van der Waals surface area contributed by atoms with Gasteiger partial charge in [0, 0.05) is 6.54 Å². The Morgan fingerprint density at radius 1 is 1.37 bits per heavy atom. The predicted molar refractivity (Wildman–Crippen MR) is 75.3 cm³/mol. The van der Waals surface area contributed by atoms with E-state index in [1.165, 1.54) is 0 Å². The zero-order valence-electron chi connectivity index (χ0n) is 11.6. The van der Waals surface area contributed by atoms with Crippen molar-refractivity contribution in [1.82, 2.24) is 0 Å². The minimum Gasteiger partial charge on any atom is -0.495 e. The Balaban J connectivity index is 2.33. The monoisotopic (exact) mass is 283 g/mol. The van der Waals surface area contributed by atoms with E-state index in [-0.39, 0.29) is 6.09 Å². The number of nitrogens with zero attached hydrogens (tertiary/aromatic N) is 1. The molecule has 1 aromatic carbocycles. The summed E-state index contributed by atoms with van der Waals surface area (Å²) in [5, 5.41) is 0.461. The normalized spacial score (nSPS) is 14.3. The molecule has 5 heteroatoms. The Morgan fingerprint density at radius 2 is 2.05 bits per heavy atom. The molecule has 1 heterocycles. The highest BCUT2D eigenvalue weighted by molar-refractivity contribution is 6.35. The molecule has 0 saturated carbocycles. The van der Waals surface area contributed by atoms with Gasteiger partial charge in [0.25, 0.3) is 0 Å². The zero-order valence-corrected chi connectivity index (χ0v) is 12.4. The molecule has 19 heavy (non-hydrogen) atoms. The van der Waals surface area contributed by atoms with Gasteiger partial charge in [-0.05, 0) is 38.8 Å². The number of fused-ring (bicyclic) bond motifs is 1. The van der Waals surface area contributed by atoms with Crippen LogP contribution in [0.2, 0.25) is 5.02 Å². The minimum absolute atomic E-state index is 0.374. The molecule has 0 N–H and O–H groups in total. The van der Waals surface area contributed by atoms with Gasteiger partial charge >= 0.3 is 6.09 Å². The standard InChI is InChI=1S/C14H18ClNO3/c1-14(2,3)19-13(17)16-8-7-9-5-6-10(18-4)11(15)12(9)16/h5-6H,7-8H2,1-4H3. The van der Waals surface area contributed by atoms with Crippen LogP contribution in [0.15, 0.2) is 12.1 Å². The van der Waals surface area contributed by atoms with E-state index in [4.69, 9.17) is 21.1 Å². The molecule has 4 nitrogen and oxygen atoms in total. The van der Waals surface area contributed by atoms with E-state index in [1.807, 2.05) is 32.9 Å². The van der Waals surface area contributed by atoms with Crippen molar-refractivity contribution < 1.29 is 14.3 Å². The molecule has 0 atom stereocenters. The summed E-state index contributed by atoms with van der Waals surface area (Å²) in [5.41, 5.74) is 1.22. The number of methoxy groups -OCH3 is 1. The van der Waals surface area contributed by atoms with Crippen LogP contribution in [0.4, 0.5) is 10.5 Å². The maximum Gasteiger partial charge on any atom is 0.414 e. The van der Waals surface area contributed by atoms with Crippen LogP contribution >= 0.6 is 11.6 Å². The van der Waals surface area contributed by atoms with E-state index in [0.717, 1.165) is 12.0 Å². The van der Waals surface area contributed by atoms with Crippen molar-refractivity contribution >= 4 is 23.4 Å². The molecule has 0 fully saturated rings. The molecule has 0 bridgehead atoms. The number of anilines is 1. The van der Waals surface area contributed by atoms with Gasteiger partial charge in [0.2, 0.25) is 0 Å². The van der Waals surface area contributed by atoms with Gasteiger partial charge in [-0.25, -0.2) is 4.79 Å². The molecule has 0 saturated heterocycles. The first-order valence-corrected chi connectivity index (χ1v) is 6.57. The Bertz CT molecular complexity index is 508. The van der Waals surface area contributed by atoms with Gasteiger partial charge in [-0.1, -0.05) is 17.7 Å². The summed E-state index contributed by atoms with van der Waals surface area (Å²) in [6.45, 7) is 6.11. The van der Waals surface area contributed by atoms with Crippen LogP contribution < -0.4 is 9.64 Å². The Kier molecular flexibility index (Phi) is 3.63. The average molecular weight is 284 g/mol. The molecule has 0 aliphatic carbocycles. The highest BCUT2D eigenvalue weighted by Crippen LogP contribution is 2.41. The first-order chi connectivity index (χ1) is 8.83. The molecule has 0 aromatic heterocycles. The van der Waals surface area contributed by atoms with Crippen molar-refractivity contribution in [1.29, 1.82) is 0 Å². The van der Waals surface area contributed by atoms with Gasteiger partial charge in [-0.15, -0.1) is 0 Å². The lowest BCUT2D eigenvalue weighted by atomic mass is 10.1. The van der Waals surface area contributed by atoms with Crippen molar-refractivity contribution in [2.45, 2.75) is 32.8 Å². The van der Waals surface area contributed by atoms with Gasteiger partial charge in [0.05, 0.1) is 12.8 Å². The van der Waals surface area contributed by atoms with Crippen LogP contribution in [-0.2, 0) is 11.2 Å². The van der Waals surface area contributed by atoms with Crippen molar-refractivity contribution in [3.8, 4) is 5.75 Å². The average Bonchev–Trinajstić information content (AvgIpc) is 2.72. The van der Waals surface area contributed by atoms with Gasteiger partial charge in [0.1, 0.15) is 16.4 Å². The molecule has 1 aliphatic rings. The van der Waals surface area contributed by atoms with Crippen molar-refractivity contribution in [3.63, 3.8) is 0 Å². The second-order valence-corrected chi connectivity index (χ2v) is 5.85. The summed E-state index contributed by atoms with van der Waals surface area (Å²) in [6.07, 6.45) is 0.402. The molecular formula is C14H18ClNO3. The number of hydrogen-bond acceptors (Lipinski definition) is 3. The number of rotatable bonds is 1. The van der Waals surface area contributed by atoms with E-state index in [1.54, 1.807) is 12.0 Å². The maximum absolute atomic E-state index is 12.2. The van der Waals surface area contributed by atoms with Crippen LogP contribution in [0.3, 0.4) is 0 Å². The zero-order chi connectivity index (χ0) is 14.2. The Labute approximate surface area is 118 Å². The number of amides is 1. The van der Waals surface area contributed by atoms with Crippen molar-refractivity contribution in [2.75, 3.05) is 18.6 Å². The van der Waals surface area contributed by atoms with Crippen LogP contribution in [-0.4, -0.2) is 25.3 Å². The molecule has 1 amide bonds. The predicted octanol–water partition coefficient (Wildman–Crippen LogP) is 3.65. The molecule has 0 unspecified atom stereocenters. The second kappa shape index (κ2) is 4.93. The first kappa shape index (κ1) is 14.0. The smallest absolute Gasteiger partial charge is 0.414 e. The van der Waals surface area contributed by atoms with Crippen LogP contribution in [0.25, 0.3) is 0 Å². The Morgan fingerprint density at radius 3 is 2.63 bits per heavy atom. The van der Waals surface area contributed by atoms with E-state index < -0.39 is 5.60 Å². The van der Waals surface area contributed by atoms with Crippen molar-refractivity contribution in [3.05, 3.63) is 22.7 Å². The summed E-state index contributed by atoms with van der Waals surface area (Å²) in [6, 6.07) is 3.75. The fraction of sp³-hybridized carbons (Fsp3) is 0.500. The lowest BCUT2D eigenvalue weighted by Crippen LogP contribution is -2.35. The van der Waals surface area contributed by atoms with Crippen LogP contribution in [0.1, 0.15) is 26.3 Å². The SMILES string of the molecule is COc1ccc2c(c1Cl)N(C(=O)OC(C)(C)C)CC2. The van der Waals surface area contributed by atoms with Crippen LogP contribution in [0.5, 0.6) is 5.75 Å². The summed E-state index contributed by atoms with van der Waals surface area (Å²) < 4.78 is 10.6. The fourth-order valence-corrected chi connectivity index (χ4v) is 2.44. The third kappa shape index (κ3) is 2.78. The van der Waals surface area contributed by atoms with Gasteiger partial charge < -0.3 is 9.47 Å². The topological polar surface area (TPSA) is 38.8 Å². The molecule has 0 spiro atoms. The largest absolute Gasteiger partial charge is 0.495 e. The summed E-state index contributed by atoms with van der Waals surface area (Å²) in [7, 11) is 1.56. The summed E-state index contributed by atoms with van der Waals surface area (Å²) >= 11 is 6.29. The second-order valence-electron chi connectivity index (χ2n) is 5.47. The lowest BCUT2D eigenvalue weighted by molar-refractivity contribution is 0.0584. The summed E-state index contributed by atoms with van der Waals surface area (Å²) in [4.78, 5) is 13.8. The molecule has 1 aromatic rings. The third-order valence-corrected chi connectivity index (χ3v) is 3.24. The quantitative estimate of drug-likeness (QED) is 0.790. The Hall–Kier alpha value is -1.42. The van der Waals surface area contributed by atoms with E-state index in [0.29, 0.717) is 23.0 Å². The highest BCUT2D eigenvalue weighted by atomic mass is 35.5. The molecule has 1 aliphatic heterocycles. The minimum atomic E-state index is -0.523. The van der Waals surface area contributed by atoms with Gasteiger partial charge in [0.15, 0.2) is 0 Å². The van der Waals surface area contributed by atoms with E-state index in [2.05, 4.69) is 0 Å². The fourth-order valence-electron chi connectivity index (χ4n) is 2.08. The van der Waals surface area contributed by atoms with Crippen LogP contribution in [0, 0.1) is 0 Å². The molecule has 0 radical (unpaired) electrons. The molecule has 104 valence electrons. The maximum atomic E-state index is 12.2. The number of carbonyl (C=O) groups is 1. The van der Waals surface area contributed by atoms with E-state index in [9.17, 15) is 4.79 Å². The molecular weight excluding hydrogens is 266 g/mol. The van der Waals surface area contributed by atoms with Gasteiger partial charge in [-0.3, -0.25) is 4.90 Å². The van der Waals surface area contributed by atoms with Crippen molar-refractivity contribution in [2.24, 2.45) is 0 Å². The number of carbonyl (C=O) groups excluding carboxylic acids is 1. The first-order valence-electron chi connectivity index (χ1n) is 6.19. The lowest BCUT2D eigenvalue weighted by Gasteiger charge is -2.25. The molecule has 2 rings (SSSR count). The number of benzene rings is 1. The number of hydrogen-bond donors (Lipinski definition) is 0. The van der Waals surface area contributed by atoms with E-state index >= 15 is 0 Å². The summed E-state index contributed by atoms with van der Waals surface area (Å²) in [5.74, 6) is 0.566. The highest BCUT2D eigenvalue weighted by Gasteiger charge is 2.31. The third-order valence-electron chi connectivity index (χ3n) is 2.87. The van der Waals surface area contributed by atoms with Gasteiger partial charge in [-0.2, -0.15) is 0 Å².